The number of hydrogen-bond donors (Lipinski definition) is 2. The summed E-state index contributed by atoms with van der Waals surface area (Å²) in [5.74, 6) is 0.933. The van der Waals surface area contributed by atoms with Crippen LogP contribution in [0.3, 0.4) is 0 Å². The van der Waals surface area contributed by atoms with Crippen molar-refractivity contribution >= 4 is 0 Å². The minimum atomic E-state index is -0.182. The SMILES string of the molecule is O[C@H]1CCCC[C@@H]1NCc1ccco1. The predicted octanol–water partition coefficient (Wildman–Crippen LogP) is 1.67. The molecule has 2 atom stereocenters. The molecule has 0 aliphatic heterocycles. The van der Waals surface area contributed by atoms with Crippen molar-refractivity contribution in [3.8, 4) is 0 Å². The number of aliphatic hydroxyl groups excluding tert-OH is 1. The average Bonchev–Trinajstić information content (AvgIpc) is 2.69. The molecule has 1 aliphatic rings. The lowest BCUT2D eigenvalue weighted by Gasteiger charge is -2.28. The van der Waals surface area contributed by atoms with Crippen molar-refractivity contribution in [1.29, 1.82) is 0 Å². The van der Waals surface area contributed by atoms with Crippen LogP contribution in [0.15, 0.2) is 22.8 Å². The van der Waals surface area contributed by atoms with Gasteiger partial charge in [0.05, 0.1) is 18.9 Å². The summed E-state index contributed by atoms with van der Waals surface area (Å²) in [6, 6.07) is 4.07. The first-order chi connectivity index (χ1) is 6.86. The summed E-state index contributed by atoms with van der Waals surface area (Å²) in [5.41, 5.74) is 0. The summed E-state index contributed by atoms with van der Waals surface area (Å²) in [6.45, 7) is 0.717. The van der Waals surface area contributed by atoms with Crippen LogP contribution in [0.25, 0.3) is 0 Å². The Hall–Kier alpha value is -0.800. The highest BCUT2D eigenvalue weighted by Crippen LogP contribution is 2.18. The maximum atomic E-state index is 9.70. The van der Waals surface area contributed by atoms with E-state index in [-0.39, 0.29) is 12.1 Å². The van der Waals surface area contributed by atoms with Crippen molar-refractivity contribution in [2.45, 2.75) is 44.4 Å². The van der Waals surface area contributed by atoms with Gasteiger partial charge in [0, 0.05) is 6.04 Å². The first-order valence-corrected chi connectivity index (χ1v) is 5.30. The number of rotatable bonds is 3. The Morgan fingerprint density at radius 1 is 1.43 bits per heavy atom. The molecule has 0 radical (unpaired) electrons. The Bertz CT molecular complexity index is 258. The lowest BCUT2D eigenvalue weighted by atomic mass is 9.92. The summed E-state index contributed by atoms with van der Waals surface area (Å²) in [7, 11) is 0. The van der Waals surface area contributed by atoms with Crippen LogP contribution in [0.5, 0.6) is 0 Å². The molecule has 1 fully saturated rings. The van der Waals surface area contributed by atoms with E-state index in [0.29, 0.717) is 6.54 Å². The minimum Gasteiger partial charge on any atom is -0.468 e. The summed E-state index contributed by atoms with van der Waals surface area (Å²) in [5, 5.41) is 13.0. The van der Waals surface area contributed by atoms with Gasteiger partial charge in [-0.1, -0.05) is 12.8 Å². The standard InChI is InChI=1S/C11H17NO2/c13-11-6-2-1-5-10(11)12-8-9-4-3-7-14-9/h3-4,7,10-13H,1-2,5-6,8H2/t10-,11-/m0/s1. The molecule has 14 heavy (non-hydrogen) atoms. The van der Waals surface area contributed by atoms with Gasteiger partial charge >= 0.3 is 0 Å². The molecule has 0 aromatic carbocycles. The van der Waals surface area contributed by atoms with Gasteiger partial charge < -0.3 is 14.8 Å². The zero-order valence-electron chi connectivity index (χ0n) is 8.28. The smallest absolute Gasteiger partial charge is 0.117 e. The quantitative estimate of drug-likeness (QED) is 0.771. The third-order valence-electron chi connectivity index (χ3n) is 2.85. The molecule has 1 saturated carbocycles. The fourth-order valence-electron chi connectivity index (χ4n) is 1.99. The van der Waals surface area contributed by atoms with Gasteiger partial charge in [-0.2, -0.15) is 0 Å². The highest BCUT2D eigenvalue weighted by molar-refractivity contribution is 4.98. The van der Waals surface area contributed by atoms with Gasteiger partial charge in [0.25, 0.3) is 0 Å². The summed E-state index contributed by atoms with van der Waals surface area (Å²) in [4.78, 5) is 0. The molecule has 2 rings (SSSR count). The molecule has 78 valence electrons. The molecule has 0 amide bonds. The van der Waals surface area contributed by atoms with Crippen molar-refractivity contribution < 1.29 is 9.52 Å². The lowest BCUT2D eigenvalue weighted by molar-refractivity contribution is 0.0893. The van der Waals surface area contributed by atoms with Crippen LogP contribution in [0.2, 0.25) is 0 Å². The number of hydrogen-bond acceptors (Lipinski definition) is 3. The third kappa shape index (κ3) is 2.36. The molecule has 1 heterocycles. The second kappa shape index (κ2) is 4.62. The van der Waals surface area contributed by atoms with E-state index >= 15 is 0 Å². The second-order valence-electron chi connectivity index (χ2n) is 3.92. The predicted molar refractivity (Wildman–Crippen MR) is 53.8 cm³/mol. The Balaban J connectivity index is 1.79. The molecule has 0 spiro atoms. The van der Waals surface area contributed by atoms with Crippen molar-refractivity contribution in [3.63, 3.8) is 0 Å². The van der Waals surface area contributed by atoms with E-state index in [4.69, 9.17) is 4.42 Å². The van der Waals surface area contributed by atoms with E-state index in [9.17, 15) is 5.11 Å². The number of aliphatic hydroxyl groups is 1. The largest absolute Gasteiger partial charge is 0.468 e. The zero-order chi connectivity index (χ0) is 9.80. The van der Waals surface area contributed by atoms with Crippen LogP contribution in [0, 0.1) is 0 Å². The molecule has 0 bridgehead atoms. The van der Waals surface area contributed by atoms with E-state index in [0.717, 1.165) is 25.0 Å². The second-order valence-corrected chi connectivity index (χ2v) is 3.92. The Labute approximate surface area is 84.1 Å². The fourth-order valence-corrected chi connectivity index (χ4v) is 1.99. The zero-order valence-corrected chi connectivity index (χ0v) is 8.28. The van der Waals surface area contributed by atoms with Crippen molar-refractivity contribution in [2.24, 2.45) is 0 Å². The first kappa shape index (κ1) is 9.74. The van der Waals surface area contributed by atoms with Crippen LogP contribution in [0.1, 0.15) is 31.4 Å². The molecule has 1 aromatic heterocycles. The fraction of sp³-hybridized carbons (Fsp3) is 0.636. The molecule has 1 aliphatic carbocycles. The number of furan rings is 1. The van der Waals surface area contributed by atoms with Gasteiger partial charge in [-0.25, -0.2) is 0 Å². The van der Waals surface area contributed by atoms with Crippen LogP contribution < -0.4 is 5.32 Å². The Kier molecular flexibility index (Phi) is 3.22. The topological polar surface area (TPSA) is 45.4 Å². The molecule has 0 saturated heterocycles. The van der Waals surface area contributed by atoms with Gasteiger partial charge in [-0.3, -0.25) is 0 Å². The highest BCUT2D eigenvalue weighted by atomic mass is 16.3. The Morgan fingerprint density at radius 2 is 2.29 bits per heavy atom. The summed E-state index contributed by atoms with van der Waals surface area (Å²) in [6.07, 6.45) is 5.86. The van der Waals surface area contributed by atoms with Crippen molar-refractivity contribution in [3.05, 3.63) is 24.2 Å². The third-order valence-corrected chi connectivity index (χ3v) is 2.85. The summed E-state index contributed by atoms with van der Waals surface area (Å²) < 4.78 is 5.22. The molecule has 1 aromatic rings. The maximum absolute atomic E-state index is 9.70. The highest BCUT2D eigenvalue weighted by Gasteiger charge is 2.22. The van der Waals surface area contributed by atoms with E-state index < -0.39 is 0 Å². The van der Waals surface area contributed by atoms with Crippen LogP contribution in [0.4, 0.5) is 0 Å². The first-order valence-electron chi connectivity index (χ1n) is 5.30. The molecular formula is C11H17NO2. The molecule has 2 N–H and O–H groups in total. The summed E-state index contributed by atoms with van der Waals surface area (Å²) >= 11 is 0. The molecule has 3 heteroatoms. The normalized spacial score (nSPS) is 27.8. The van der Waals surface area contributed by atoms with Crippen LogP contribution in [-0.2, 0) is 6.54 Å². The van der Waals surface area contributed by atoms with Gasteiger partial charge in [0.1, 0.15) is 5.76 Å². The van der Waals surface area contributed by atoms with Crippen LogP contribution in [-0.4, -0.2) is 17.3 Å². The van der Waals surface area contributed by atoms with Gasteiger partial charge in [0.2, 0.25) is 0 Å². The van der Waals surface area contributed by atoms with Crippen molar-refractivity contribution in [1.82, 2.24) is 5.32 Å². The maximum Gasteiger partial charge on any atom is 0.117 e. The van der Waals surface area contributed by atoms with Gasteiger partial charge in [-0.15, -0.1) is 0 Å². The molecular weight excluding hydrogens is 178 g/mol. The van der Waals surface area contributed by atoms with Gasteiger partial charge in [0.15, 0.2) is 0 Å². The van der Waals surface area contributed by atoms with Crippen molar-refractivity contribution in [2.75, 3.05) is 0 Å². The Morgan fingerprint density at radius 3 is 3.00 bits per heavy atom. The van der Waals surface area contributed by atoms with E-state index in [1.165, 1.54) is 6.42 Å². The monoisotopic (exact) mass is 195 g/mol. The van der Waals surface area contributed by atoms with Gasteiger partial charge in [-0.05, 0) is 25.0 Å². The van der Waals surface area contributed by atoms with E-state index in [1.54, 1.807) is 6.26 Å². The molecule has 3 nitrogen and oxygen atoms in total. The molecule has 0 unspecified atom stereocenters. The average molecular weight is 195 g/mol. The number of nitrogens with one attached hydrogen (secondary N) is 1. The van der Waals surface area contributed by atoms with E-state index in [2.05, 4.69) is 5.32 Å². The lowest BCUT2D eigenvalue weighted by Crippen LogP contribution is -2.41. The van der Waals surface area contributed by atoms with Crippen LogP contribution >= 0.6 is 0 Å². The van der Waals surface area contributed by atoms with E-state index in [1.807, 2.05) is 12.1 Å². The minimum absolute atomic E-state index is 0.182.